The van der Waals surface area contributed by atoms with Crippen LogP contribution in [-0.2, 0) is 0 Å². The van der Waals surface area contributed by atoms with Gasteiger partial charge in [-0.2, -0.15) is 0 Å². The molecule has 0 aliphatic carbocycles. The zero-order valence-corrected chi connectivity index (χ0v) is 12.8. The quantitative estimate of drug-likeness (QED) is 0.655. The third-order valence-electron chi connectivity index (χ3n) is 2.42. The summed E-state index contributed by atoms with van der Waals surface area (Å²) in [5, 5.41) is 13.9. The Labute approximate surface area is 133 Å². The van der Waals surface area contributed by atoms with Crippen molar-refractivity contribution >= 4 is 12.1 Å². The molecule has 0 fully saturated rings. The van der Waals surface area contributed by atoms with Gasteiger partial charge in [0.2, 0.25) is 0 Å². The van der Waals surface area contributed by atoms with E-state index in [1.54, 1.807) is 30.3 Å². The van der Waals surface area contributed by atoms with E-state index in [1.165, 1.54) is 0 Å². The highest BCUT2D eigenvalue weighted by atomic mass is 16.6. The lowest BCUT2D eigenvalue weighted by atomic mass is 10.2. The summed E-state index contributed by atoms with van der Waals surface area (Å²) >= 11 is 0. The first-order valence-electron chi connectivity index (χ1n) is 6.85. The van der Waals surface area contributed by atoms with Gasteiger partial charge in [0.25, 0.3) is 0 Å². The number of para-hydroxylation sites is 2. The van der Waals surface area contributed by atoms with E-state index >= 15 is 0 Å². The second-order valence-corrected chi connectivity index (χ2v) is 4.65. The highest BCUT2D eigenvalue weighted by molar-refractivity contribution is 5.93. The molecule has 2 aromatic rings. The van der Waals surface area contributed by atoms with Gasteiger partial charge in [0.15, 0.2) is 0 Å². The van der Waals surface area contributed by atoms with Crippen molar-refractivity contribution in [2.45, 2.75) is 20.0 Å². The molecule has 0 amide bonds. The summed E-state index contributed by atoms with van der Waals surface area (Å²) in [6.07, 6.45) is -1.83. The summed E-state index contributed by atoms with van der Waals surface area (Å²) in [6.45, 7) is 3.83. The SMILES string of the molecule is CC(C)Oc1ccccc1C(=O)Oc1ccccc1.O=C(O)O. The highest BCUT2D eigenvalue weighted by Crippen LogP contribution is 2.21. The zero-order chi connectivity index (χ0) is 17.2. The Balaban J connectivity index is 0.000000593. The molecule has 0 radical (unpaired) electrons. The molecule has 0 aromatic heterocycles. The Morgan fingerprint density at radius 1 is 0.913 bits per heavy atom. The number of hydrogen-bond donors (Lipinski definition) is 2. The normalized spacial score (nSPS) is 9.52. The fraction of sp³-hybridized carbons (Fsp3) is 0.176. The Morgan fingerprint density at radius 2 is 1.43 bits per heavy atom. The molecular weight excluding hydrogens is 300 g/mol. The number of ether oxygens (including phenoxy) is 2. The number of hydrogen-bond acceptors (Lipinski definition) is 4. The average molecular weight is 318 g/mol. The van der Waals surface area contributed by atoms with Crippen LogP contribution in [0.2, 0.25) is 0 Å². The molecule has 23 heavy (non-hydrogen) atoms. The molecule has 0 aliphatic heterocycles. The van der Waals surface area contributed by atoms with Crippen molar-refractivity contribution < 1.29 is 29.3 Å². The topological polar surface area (TPSA) is 93.1 Å². The van der Waals surface area contributed by atoms with E-state index < -0.39 is 12.1 Å². The van der Waals surface area contributed by atoms with Gasteiger partial charge < -0.3 is 19.7 Å². The smallest absolute Gasteiger partial charge is 0.490 e. The lowest BCUT2D eigenvalue weighted by Crippen LogP contribution is -2.13. The van der Waals surface area contributed by atoms with Gasteiger partial charge in [0.05, 0.1) is 6.10 Å². The molecular formula is C17H18O6. The van der Waals surface area contributed by atoms with Crippen LogP contribution in [-0.4, -0.2) is 28.4 Å². The standard InChI is InChI=1S/C16H16O3.CH2O3/c1-12(2)18-15-11-7-6-10-14(15)16(17)19-13-8-4-3-5-9-13;2-1(3)4/h3-12H,1-2H3;(H2,2,3,4). The van der Waals surface area contributed by atoms with Crippen LogP contribution in [0.5, 0.6) is 11.5 Å². The van der Waals surface area contributed by atoms with Crippen LogP contribution in [0.1, 0.15) is 24.2 Å². The molecule has 122 valence electrons. The van der Waals surface area contributed by atoms with Crippen LogP contribution in [0.15, 0.2) is 54.6 Å². The van der Waals surface area contributed by atoms with Crippen LogP contribution in [0, 0.1) is 0 Å². The Hall–Kier alpha value is -3.02. The lowest BCUT2D eigenvalue weighted by molar-refractivity contribution is 0.0728. The van der Waals surface area contributed by atoms with E-state index in [-0.39, 0.29) is 6.10 Å². The first kappa shape index (κ1) is 18.0. The molecule has 0 bridgehead atoms. The van der Waals surface area contributed by atoms with E-state index in [0.29, 0.717) is 17.1 Å². The number of carbonyl (C=O) groups excluding carboxylic acids is 1. The van der Waals surface area contributed by atoms with E-state index in [0.717, 1.165) is 0 Å². The van der Waals surface area contributed by atoms with Gasteiger partial charge in [0.1, 0.15) is 17.1 Å². The molecule has 2 aromatic carbocycles. The fourth-order valence-corrected chi connectivity index (χ4v) is 1.64. The minimum absolute atomic E-state index is 0.00525. The number of esters is 1. The molecule has 0 heterocycles. The van der Waals surface area contributed by atoms with Crippen molar-refractivity contribution in [1.29, 1.82) is 0 Å². The van der Waals surface area contributed by atoms with Crippen molar-refractivity contribution in [2.24, 2.45) is 0 Å². The molecule has 6 nitrogen and oxygen atoms in total. The summed E-state index contributed by atoms with van der Waals surface area (Å²) in [6, 6.07) is 16.1. The third-order valence-corrected chi connectivity index (χ3v) is 2.42. The summed E-state index contributed by atoms with van der Waals surface area (Å²) in [5.41, 5.74) is 0.431. The van der Waals surface area contributed by atoms with Crippen molar-refractivity contribution in [2.75, 3.05) is 0 Å². The van der Waals surface area contributed by atoms with Crippen molar-refractivity contribution in [3.8, 4) is 11.5 Å². The maximum atomic E-state index is 12.1. The molecule has 0 unspecified atom stereocenters. The summed E-state index contributed by atoms with van der Waals surface area (Å²) in [7, 11) is 0. The Bertz CT molecular complexity index is 633. The van der Waals surface area contributed by atoms with Gasteiger partial charge in [-0.3, -0.25) is 0 Å². The minimum atomic E-state index is -1.83. The maximum Gasteiger partial charge on any atom is 0.503 e. The molecule has 2 rings (SSSR count). The van der Waals surface area contributed by atoms with Crippen LogP contribution >= 0.6 is 0 Å². The largest absolute Gasteiger partial charge is 0.503 e. The second-order valence-electron chi connectivity index (χ2n) is 4.65. The highest BCUT2D eigenvalue weighted by Gasteiger charge is 2.15. The van der Waals surface area contributed by atoms with E-state index in [2.05, 4.69) is 0 Å². The van der Waals surface area contributed by atoms with Crippen molar-refractivity contribution in [3.05, 3.63) is 60.2 Å². The first-order valence-corrected chi connectivity index (χ1v) is 6.85. The molecule has 0 spiro atoms. The summed E-state index contributed by atoms with van der Waals surface area (Å²) in [4.78, 5) is 20.7. The van der Waals surface area contributed by atoms with E-state index in [4.69, 9.17) is 24.5 Å². The van der Waals surface area contributed by atoms with E-state index in [1.807, 2.05) is 38.1 Å². The van der Waals surface area contributed by atoms with Gasteiger partial charge in [0, 0.05) is 0 Å². The van der Waals surface area contributed by atoms with Crippen LogP contribution in [0.25, 0.3) is 0 Å². The third kappa shape index (κ3) is 6.99. The average Bonchev–Trinajstić information content (AvgIpc) is 2.47. The Morgan fingerprint density at radius 3 is 2.00 bits per heavy atom. The van der Waals surface area contributed by atoms with E-state index in [9.17, 15) is 4.79 Å². The fourth-order valence-electron chi connectivity index (χ4n) is 1.64. The predicted molar refractivity (Wildman–Crippen MR) is 84.3 cm³/mol. The number of carboxylic acid groups (broad SMARTS) is 2. The van der Waals surface area contributed by atoms with Crippen LogP contribution in [0.4, 0.5) is 4.79 Å². The van der Waals surface area contributed by atoms with Gasteiger partial charge in [-0.15, -0.1) is 0 Å². The lowest BCUT2D eigenvalue weighted by Gasteiger charge is -2.13. The molecule has 6 heteroatoms. The molecule has 0 saturated carbocycles. The van der Waals surface area contributed by atoms with Crippen LogP contribution < -0.4 is 9.47 Å². The minimum Gasteiger partial charge on any atom is -0.490 e. The van der Waals surface area contributed by atoms with Crippen molar-refractivity contribution in [1.82, 2.24) is 0 Å². The molecule has 0 aliphatic rings. The predicted octanol–water partition coefficient (Wildman–Crippen LogP) is 3.92. The molecule has 0 saturated heterocycles. The van der Waals surface area contributed by atoms with Crippen LogP contribution in [0.3, 0.4) is 0 Å². The maximum absolute atomic E-state index is 12.1. The molecule has 0 atom stereocenters. The summed E-state index contributed by atoms with van der Waals surface area (Å²) < 4.78 is 10.9. The van der Waals surface area contributed by atoms with Gasteiger partial charge in [-0.1, -0.05) is 30.3 Å². The monoisotopic (exact) mass is 318 g/mol. The number of carbonyl (C=O) groups is 2. The Kier molecular flexibility index (Phi) is 7.13. The van der Waals surface area contributed by atoms with Gasteiger partial charge >= 0.3 is 12.1 Å². The first-order chi connectivity index (χ1) is 10.9. The summed E-state index contributed by atoms with van der Waals surface area (Å²) in [5.74, 6) is 0.646. The number of rotatable bonds is 4. The number of benzene rings is 2. The second kappa shape index (κ2) is 9.09. The van der Waals surface area contributed by atoms with Gasteiger partial charge in [-0.25, -0.2) is 9.59 Å². The molecule has 2 N–H and O–H groups in total. The van der Waals surface area contributed by atoms with Gasteiger partial charge in [-0.05, 0) is 38.1 Å². The van der Waals surface area contributed by atoms with Crippen molar-refractivity contribution in [3.63, 3.8) is 0 Å². The zero-order valence-electron chi connectivity index (χ0n) is 12.8.